The minimum Gasteiger partial charge on any atom is -0.508 e. The molecule has 0 aromatic heterocycles. The Morgan fingerprint density at radius 3 is 1.27 bits per heavy atom. The molecule has 7 heteroatoms. The van der Waals surface area contributed by atoms with Gasteiger partial charge in [-0.1, -0.05) is 0 Å². The molecule has 7 nitrogen and oxygen atoms in total. The van der Waals surface area contributed by atoms with E-state index in [1.807, 2.05) is 6.79 Å². The fourth-order valence-corrected chi connectivity index (χ4v) is 1.33. The summed E-state index contributed by atoms with van der Waals surface area (Å²) in [7, 11) is 2.85. The lowest BCUT2D eigenvalue weighted by molar-refractivity contribution is -0.0979. The van der Waals surface area contributed by atoms with E-state index >= 15 is 0 Å². The molecule has 0 aliphatic carbocycles. The Bertz CT molecular complexity index is 533. The molecule has 2 rings (SSSR count). The molecular formula is C15H18O7. The lowest BCUT2D eigenvalue weighted by atomic mass is 10.3. The number of ether oxygens (including phenoxy) is 2. The highest BCUT2D eigenvalue weighted by atomic mass is 16.5. The number of hydrogen-bond donors (Lipinski definition) is 4. The first kappa shape index (κ1) is 18.9. The molecule has 0 spiro atoms. The molecule has 4 N–H and O–H groups in total. The van der Waals surface area contributed by atoms with Crippen LogP contribution in [0.3, 0.4) is 0 Å². The molecule has 2 aromatic rings. The third kappa shape index (κ3) is 5.91. The van der Waals surface area contributed by atoms with Crippen LogP contribution in [-0.2, 0) is 4.79 Å². The minimum atomic E-state index is 0.0281. The third-order valence-corrected chi connectivity index (χ3v) is 2.33. The minimum absolute atomic E-state index is 0.0281. The van der Waals surface area contributed by atoms with Crippen molar-refractivity contribution in [1.29, 1.82) is 0 Å². The summed E-state index contributed by atoms with van der Waals surface area (Å²) in [5, 5.41) is 35.8. The SMILES string of the molecule is C=O.COc1cc(O)ccc1O.COc1cc(O)ccc1O. The summed E-state index contributed by atoms with van der Waals surface area (Å²) in [5.74, 6) is 0.768. The fraction of sp³-hybridized carbons (Fsp3) is 0.133. The summed E-state index contributed by atoms with van der Waals surface area (Å²) >= 11 is 0. The molecular weight excluding hydrogens is 292 g/mol. The van der Waals surface area contributed by atoms with Crippen molar-refractivity contribution in [2.75, 3.05) is 14.2 Å². The highest BCUT2D eigenvalue weighted by Gasteiger charge is 2.00. The first-order valence-corrected chi connectivity index (χ1v) is 5.88. The average Bonchev–Trinajstić information content (AvgIpc) is 2.54. The third-order valence-electron chi connectivity index (χ3n) is 2.33. The summed E-state index contributed by atoms with van der Waals surface area (Å²) in [6.45, 7) is 2.00. The van der Waals surface area contributed by atoms with Gasteiger partial charge in [-0.15, -0.1) is 0 Å². The zero-order chi connectivity index (χ0) is 17.1. The Morgan fingerprint density at radius 2 is 1.05 bits per heavy atom. The molecule has 0 fully saturated rings. The maximum absolute atomic E-state index is 9.00. The smallest absolute Gasteiger partial charge is 0.164 e. The van der Waals surface area contributed by atoms with E-state index in [2.05, 4.69) is 0 Å². The molecule has 0 heterocycles. The maximum atomic E-state index is 9.00. The van der Waals surface area contributed by atoms with Gasteiger partial charge in [-0.05, 0) is 24.3 Å². The zero-order valence-corrected chi connectivity index (χ0v) is 12.2. The van der Waals surface area contributed by atoms with Crippen LogP contribution in [0.15, 0.2) is 36.4 Å². The maximum Gasteiger partial charge on any atom is 0.164 e. The van der Waals surface area contributed by atoms with Gasteiger partial charge in [0, 0.05) is 12.1 Å². The summed E-state index contributed by atoms with van der Waals surface area (Å²) in [6.07, 6.45) is 0. The van der Waals surface area contributed by atoms with E-state index in [-0.39, 0.29) is 34.5 Å². The fourth-order valence-electron chi connectivity index (χ4n) is 1.33. The quantitative estimate of drug-likeness (QED) is 0.627. The van der Waals surface area contributed by atoms with Crippen LogP contribution in [0.1, 0.15) is 0 Å². The summed E-state index contributed by atoms with van der Waals surface area (Å²) in [5.41, 5.74) is 0. The largest absolute Gasteiger partial charge is 0.508 e. The van der Waals surface area contributed by atoms with Gasteiger partial charge in [0.15, 0.2) is 23.0 Å². The van der Waals surface area contributed by atoms with Crippen LogP contribution in [0.5, 0.6) is 34.5 Å². The van der Waals surface area contributed by atoms with Crippen LogP contribution < -0.4 is 9.47 Å². The topological polar surface area (TPSA) is 116 Å². The Kier molecular flexibility index (Phi) is 8.39. The average molecular weight is 310 g/mol. The predicted octanol–water partition coefficient (Wildman–Crippen LogP) is 2.03. The van der Waals surface area contributed by atoms with Crippen molar-refractivity contribution in [1.82, 2.24) is 0 Å². The van der Waals surface area contributed by atoms with Gasteiger partial charge in [0.05, 0.1) is 14.2 Å². The van der Waals surface area contributed by atoms with E-state index in [0.717, 1.165) is 0 Å². The number of hydrogen-bond acceptors (Lipinski definition) is 7. The highest BCUT2D eigenvalue weighted by molar-refractivity contribution is 5.44. The molecule has 0 unspecified atom stereocenters. The van der Waals surface area contributed by atoms with E-state index in [9.17, 15) is 0 Å². The Labute approximate surface area is 127 Å². The van der Waals surface area contributed by atoms with E-state index in [4.69, 9.17) is 34.7 Å². The van der Waals surface area contributed by atoms with Crippen LogP contribution in [0.2, 0.25) is 0 Å². The standard InChI is InChI=1S/2C7H8O3.CH2O/c2*1-10-7-4-5(8)2-3-6(7)9;1-2/h2*2-4,8-9H,1H3;1H2. The zero-order valence-electron chi connectivity index (χ0n) is 12.2. The Morgan fingerprint density at radius 1 is 0.727 bits per heavy atom. The summed E-state index contributed by atoms with van der Waals surface area (Å²) < 4.78 is 9.43. The number of carbonyl (C=O) groups is 1. The molecule has 0 aliphatic rings. The molecule has 0 bridgehead atoms. The molecule has 0 amide bonds. The Hall–Kier alpha value is -3.09. The van der Waals surface area contributed by atoms with Crippen LogP contribution in [0.25, 0.3) is 0 Å². The van der Waals surface area contributed by atoms with Gasteiger partial charge in [0.25, 0.3) is 0 Å². The summed E-state index contributed by atoms with van der Waals surface area (Å²) in [6, 6.07) is 8.20. The van der Waals surface area contributed by atoms with Gasteiger partial charge in [-0.25, -0.2) is 0 Å². The molecule has 0 aliphatic heterocycles. The van der Waals surface area contributed by atoms with Gasteiger partial charge in [-0.2, -0.15) is 0 Å². The monoisotopic (exact) mass is 310 g/mol. The van der Waals surface area contributed by atoms with E-state index in [1.165, 1.54) is 50.6 Å². The van der Waals surface area contributed by atoms with Crippen molar-refractivity contribution in [2.45, 2.75) is 0 Å². The number of phenolic OH excluding ortho intramolecular Hbond substituents is 4. The van der Waals surface area contributed by atoms with Gasteiger partial charge in [0.2, 0.25) is 0 Å². The normalized spacial score (nSPS) is 8.64. The van der Waals surface area contributed by atoms with Gasteiger partial charge >= 0.3 is 0 Å². The van der Waals surface area contributed by atoms with Crippen molar-refractivity contribution >= 4 is 6.79 Å². The molecule has 0 radical (unpaired) electrons. The van der Waals surface area contributed by atoms with Crippen LogP contribution in [0.4, 0.5) is 0 Å². The van der Waals surface area contributed by atoms with E-state index < -0.39 is 0 Å². The number of phenols is 4. The van der Waals surface area contributed by atoms with Crippen molar-refractivity contribution in [3.63, 3.8) is 0 Å². The second-order valence-corrected chi connectivity index (χ2v) is 3.71. The highest BCUT2D eigenvalue weighted by Crippen LogP contribution is 2.29. The molecule has 120 valence electrons. The number of aromatic hydroxyl groups is 4. The van der Waals surface area contributed by atoms with Crippen LogP contribution >= 0.6 is 0 Å². The molecule has 0 saturated carbocycles. The first-order valence-electron chi connectivity index (χ1n) is 5.88. The number of rotatable bonds is 2. The van der Waals surface area contributed by atoms with Crippen LogP contribution in [-0.4, -0.2) is 41.4 Å². The van der Waals surface area contributed by atoms with Gasteiger partial charge < -0.3 is 34.7 Å². The second kappa shape index (κ2) is 9.76. The Balaban J connectivity index is 0.000000360. The van der Waals surface area contributed by atoms with E-state index in [1.54, 1.807) is 0 Å². The predicted molar refractivity (Wildman–Crippen MR) is 79.8 cm³/mol. The lowest BCUT2D eigenvalue weighted by Crippen LogP contribution is -1.81. The molecule has 0 saturated heterocycles. The van der Waals surface area contributed by atoms with Crippen molar-refractivity contribution in [3.05, 3.63) is 36.4 Å². The molecule has 0 atom stereocenters. The van der Waals surface area contributed by atoms with Gasteiger partial charge in [-0.3, -0.25) is 0 Å². The van der Waals surface area contributed by atoms with Crippen LogP contribution in [0, 0.1) is 0 Å². The molecule has 22 heavy (non-hydrogen) atoms. The first-order chi connectivity index (χ1) is 10.5. The van der Waals surface area contributed by atoms with E-state index in [0.29, 0.717) is 0 Å². The summed E-state index contributed by atoms with van der Waals surface area (Å²) in [4.78, 5) is 8.00. The lowest BCUT2D eigenvalue weighted by Gasteiger charge is -2.01. The van der Waals surface area contributed by atoms with Gasteiger partial charge in [0.1, 0.15) is 18.3 Å². The van der Waals surface area contributed by atoms with Crippen molar-refractivity contribution in [2.24, 2.45) is 0 Å². The number of benzene rings is 2. The van der Waals surface area contributed by atoms with Crippen molar-refractivity contribution in [3.8, 4) is 34.5 Å². The number of methoxy groups -OCH3 is 2. The number of carbonyl (C=O) groups excluding carboxylic acids is 1. The second-order valence-electron chi connectivity index (χ2n) is 3.71. The molecule has 2 aromatic carbocycles. The van der Waals surface area contributed by atoms with Crippen molar-refractivity contribution < 1.29 is 34.7 Å².